The Hall–Kier alpha value is -2.90. The van der Waals surface area contributed by atoms with Crippen LogP contribution in [0.15, 0.2) is 48.8 Å². The quantitative estimate of drug-likeness (QED) is 0.650. The van der Waals surface area contributed by atoms with Crippen LogP contribution in [-0.2, 0) is 9.53 Å². The first-order chi connectivity index (χ1) is 13.3. The largest absolute Gasteiger partial charge is 0.492 e. The molecule has 0 spiro atoms. The minimum atomic E-state index is 0.650. The van der Waals surface area contributed by atoms with Gasteiger partial charge in [0.15, 0.2) is 0 Å². The Bertz CT molecular complexity index is 901. The molecule has 2 aromatic carbocycles. The fraction of sp³-hybridized carbons (Fsp3) is 0.300. The Morgan fingerprint density at radius 1 is 1.15 bits per heavy atom. The van der Waals surface area contributed by atoms with Gasteiger partial charge in [-0.2, -0.15) is 0 Å². The Kier molecular flexibility index (Phi) is 5.32. The van der Waals surface area contributed by atoms with E-state index < -0.39 is 0 Å². The number of aromatic nitrogens is 2. The number of amides is 1. The first-order valence-corrected chi connectivity index (χ1v) is 9.04. The molecule has 1 saturated heterocycles. The number of anilines is 1. The number of benzene rings is 2. The summed E-state index contributed by atoms with van der Waals surface area (Å²) >= 11 is 0. The Balaban J connectivity index is 1.43. The number of imidazole rings is 1. The topological polar surface area (TPSA) is 68.6 Å². The summed E-state index contributed by atoms with van der Waals surface area (Å²) in [6.07, 6.45) is 2.46. The van der Waals surface area contributed by atoms with E-state index in [1.165, 1.54) is 0 Å². The highest BCUT2D eigenvalue weighted by Crippen LogP contribution is 2.23. The molecule has 0 atom stereocenters. The van der Waals surface area contributed by atoms with Gasteiger partial charge in [-0.1, -0.05) is 0 Å². The molecule has 2 heterocycles. The van der Waals surface area contributed by atoms with Gasteiger partial charge >= 0.3 is 0 Å². The van der Waals surface area contributed by atoms with E-state index in [1.807, 2.05) is 47.0 Å². The van der Waals surface area contributed by atoms with Crippen molar-refractivity contribution >= 4 is 23.1 Å². The zero-order valence-corrected chi connectivity index (χ0v) is 15.0. The van der Waals surface area contributed by atoms with Gasteiger partial charge < -0.3 is 14.8 Å². The average Bonchev–Trinajstić information content (AvgIpc) is 3.13. The molecule has 27 heavy (non-hydrogen) atoms. The summed E-state index contributed by atoms with van der Waals surface area (Å²) in [6, 6.07) is 13.6. The number of morpholine rings is 1. The lowest BCUT2D eigenvalue weighted by molar-refractivity contribution is -0.105. The first kappa shape index (κ1) is 17.5. The fourth-order valence-electron chi connectivity index (χ4n) is 3.19. The second kappa shape index (κ2) is 8.20. The minimum Gasteiger partial charge on any atom is -0.492 e. The van der Waals surface area contributed by atoms with Crippen LogP contribution >= 0.6 is 0 Å². The second-order valence-corrected chi connectivity index (χ2v) is 6.38. The highest BCUT2D eigenvalue weighted by molar-refractivity contribution is 5.79. The van der Waals surface area contributed by atoms with Crippen LogP contribution in [0.3, 0.4) is 0 Å². The average molecular weight is 366 g/mol. The molecule has 0 bridgehead atoms. The van der Waals surface area contributed by atoms with Gasteiger partial charge in [0.2, 0.25) is 6.41 Å². The molecule has 4 rings (SSSR count). The van der Waals surface area contributed by atoms with Crippen molar-refractivity contribution in [3.63, 3.8) is 0 Å². The number of hydrogen-bond donors (Lipinski definition) is 1. The maximum atomic E-state index is 10.5. The summed E-state index contributed by atoms with van der Waals surface area (Å²) in [7, 11) is 0. The highest BCUT2D eigenvalue weighted by Gasteiger charge is 2.10. The van der Waals surface area contributed by atoms with E-state index in [1.54, 1.807) is 6.33 Å². The summed E-state index contributed by atoms with van der Waals surface area (Å²) in [6.45, 7) is 5.08. The maximum absolute atomic E-state index is 10.5. The van der Waals surface area contributed by atoms with Gasteiger partial charge in [0.1, 0.15) is 18.7 Å². The number of nitrogens with zero attached hydrogens (tertiary/aromatic N) is 3. The molecule has 1 aromatic heterocycles. The van der Waals surface area contributed by atoms with Crippen LogP contribution < -0.4 is 10.1 Å². The third-order valence-electron chi connectivity index (χ3n) is 4.67. The van der Waals surface area contributed by atoms with Gasteiger partial charge in [-0.25, -0.2) is 4.98 Å². The summed E-state index contributed by atoms with van der Waals surface area (Å²) in [4.78, 5) is 17.4. The number of carbonyl (C=O) groups excluding carboxylic acids is 1. The lowest BCUT2D eigenvalue weighted by atomic mass is 10.2. The Morgan fingerprint density at radius 2 is 1.96 bits per heavy atom. The van der Waals surface area contributed by atoms with Gasteiger partial charge in [0, 0.05) is 37.1 Å². The smallest absolute Gasteiger partial charge is 0.211 e. The Morgan fingerprint density at radius 3 is 2.74 bits per heavy atom. The predicted molar refractivity (Wildman–Crippen MR) is 104 cm³/mol. The maximum Gasteiger partial charge on any atom is 0.211 e. The molecule has 3 aromatic rings. The molecule has 1 aliphatic rings. The first-order valence-electron chi connectivity index (χ1n) is 9.04. The molecule has 0 saturated carbocycles. The molecular weight excluding hydrogens is 344 g/mol. The van der Waals surface area contributed by atoms with E-state index in [4.69, 9.17) is 9.47 Å². The monoisotopic (exact) mass is 366 g/mol. The fourth-order valence-corrected chi connectivity index (χ4v) is 3.19. The molecule has 0 radical (unpaired) electrons. The number of fused-ring (bicyclic) bond motifs is 1. The SMILES string of the molecule is O=CNc1ccc(-n2cnc3cc(OCCN4CCOCC4)ccc32)cc1. The van der Waals surface area contributed by atoms with Gasteiger partial charge in [-0.15, -0.1) is 0 Å². The standard InChI is InChI=1S/C20H22N4O3/c25-15-22-16-1-3-17(4-2-16)24-14-21-19-13-18(5-6-20(19)24)27-12-9-23-7-10-26-11-8-23/h1-6,13-15H,7-12H2,(H,22,25). The number of nitrogens with one attached hydrogen (secondary N) is 1. The van der Waals surface area contributed by atoms with Crippen molar-refractivity contribution in [1.29, 1.82) is 0 Å². The molecule has 1 amide bonds. The van der Waals surface area contributed by atoms with Crippen molar-refractivity contribution in [2.24, 2.45) is 0 Å². The molecule has 1 N–H and O–H groups in total. The summed E-state index contributed by atoms with van der Waals surface area (Å²) in [5, 5.41) is 2.64. The molecule has 1 fully saturated rings. The van der Waals surface area contributed by atoms with E-state index >= 15 is 0 Å². The molecule has 7 nitrogen and oxygen atoms in total. The van der Waals surface area contributed by atoms with E-state index in [9.17, 15) is 4.79 Å². The second-order valence-electron chi connectivity index (χ2n) is 6.38. The van der Waals surface area contributed by atoms with Crippen LogP contribution in [0.1, 0.15) is 0 Å². The van der Waals surface area contributed by atoms with Crippen LogP contribution in [0.4, 0.5) is 5.69 Å². The molecule has 140 valence electrons. The van der Waals surface area contributed by atoms with Crippen molar-refractivity contribution < 1.29 is 14.3 Å². The molecule has 7 heteroatoms. The summed E-state index contributed by atoms with van der Waals surface area (Å²) in [5.74, 6) is 0.826. The van der Waals surface area contributed by atoms with Gasteiger partial charge in [-0.3, -0.25) is 14.3 Å². The van der Waals surface area contributed by atoms with E-state index in [-0.39, 0.29) is 0 Å². The third kappa shape index (κ3) is 4.10. The minimum absolute atomic E-state index is 0.650. The van der Waals surface area contributed by atoms with Gasteiger partial charge in [0.25, 0.3) is 0 Å². The van der Waals surface area contributed by atoms with Crippen LogP contribution in [0.25, 0.3) is 16.7 Å². The predicted octanol–water partition coefficient (Wildman–Crippen LogP) is 2.30. The van der Waals surface area contributed by atoms with E-state index in [0.717, 1.165) is 61.0 Å². The number of hydrogen-bond acceptors (Lipinski definition) is 5. The van der Waals surface area contributed by atoms with Crippen LogP contribution in [0.5, 0.6) is 5.75 Å². The normalized spacial score (nSPS) is 15.0. The zero-order valence-electron chi connectivity index (χ0n) is 15.0. The van der Waals surface area contributed by atoms with Crippen molar-refractivity contribution in [3.8, 4) is 11.4 Å². The number of ether oxygens (including phenoxy) is 2. The van der Waals surface area contributed by atoms with Gasteiger partial charge in [-0.05, 0) is 36.4 Å². The third-order valence-corrected chi connectivity index (χ3v) is 4.67. The number of rotatable bonds is 7. The molecule has 0 unspecified atom stereocenters. The summed E-state index contributed by atoms with van der Waals surface area (Å²) < 4.78 is 13.3. The molecular formula is C20H22N4O3. The van der Waals surface area contributed by atoms with E-state index in [0.29, 0.717) is 13.0 Å². The lowest BCUT2D eigenvalue weighted by Crippen LogP contribution is -2.38. The molecule has 1 aliphatic heterocycles. The van der Waals surface area contributed by atoms with Crippen LogP contribution in [0, 0.1) is 0 Å². The highest BCUT2D eigenvalue weighted by atomic mass is 16.5. The van der Waals surface area contributed by atoms with Crippen molar-refractivity contribution in [3.05, 3.63) is 48.8 Å². The summed E-state index contributed by atoms with van der Waals surface area (Å²) in [5.41, 5.74) is 3.63. The van der Waals surface area contributed by atoms with Crippen LogP contribution in [0.2, 0.25) is 0 Å². The van der Waals surface area contributed by atoms with E-state index in [2.05, 4.69) is 15.2 Å². The lowest BCUT2D eigenvalue weighted by Gasteiger charge is -2.26. The van der Waals surface area contributed by atoms with Crippen molar-refractivity contribution in [1.82, 2.24) is 14.5 Å². The van der Waals surface area contributed by atoms with Crippen LogP contribution in [-0.4, -0.2) is 60.3 Å². The Labute approximate surface area is 157 Å². The van der Waals surface area contributed by atoms with Crippen molar-refractivity contribution in [2.75, 3.05) is 44.8 Å². The zero-order chi connectivity index (χ0) is 18.5. The van der Waals surface area contributed by atoms with Gasteiger partial charge in [0.05, 0.1) is 24.2 Å². The molecule has 0 aliphatic carbocycles. The van der Waals surface area contributed by atoms with Crippen molar-refractivity contribution in [2.45, 2.75) is 0 Å². The number of carbonyl (C=O) groups is 1.